The molecule has 0 N–H and O–H groups in total. The number of rotatable bonds is 18. The summed E-state index contributed by atoms with van der Waals surface area (Å²) in [6, 6.07) is 86.0. The van der Waals surface area contributed by atoms with E-state index < -0.39 is 0 Å². The SMILES string of the molecule is CCCc1cccc(CCC)c1[N-]C(c1cccc(-c2[c-]ccc3ccccc23)n1)c1cc2ccccc2c2ccccc12.CCCc1cccc(CCC)c1[N-]C(c1cccc(-c2[c-]ccc3ccccc23)n1)c1ccccc1C.[CH3-].[CH3-].[Hf].[Hf]. The number of para-hydroxylation sites is 2. The second-order valence-electron chi connectivity index (χ2n) is 21.3. The fourth-order valence-electron chi connectivity index (χ4n) is 11.8. The van der Waals surface area contributed by atoms with Gasteiger partial charge in [0.1, 0.15) is 0 Å². The van der Waals surface area contributed by atoms with Gasteiger partial charge >= 0.3 is 0 Å². The molecule has 0 amide bonds. The molecule has 0 aliphatic rings. The number of hydrogen-bond donors (Lipinski definition) is 0. The molecule has 10 aromatic carbocycles. The van der Waals surface area contributed by atoms with Crippen LogP contribution in [0.1, 0.15) is 116 Å². The van der Waals surface area contributed by atoms with Crippen LogP contribution in [0.5, 0.6) is 0 Å². The molecule has 12 rings (SSSR count). The molecule has 85 heavy (non-hydrogen) atoms. The van der Waals surface area contributed by atoms with Gasteiger partial charge in [-0.3, -0.25) is 0 Å². The number of benzene rings is 10. The molecule has 0 saturated heterocycles. The number of fused-ring (bicyclic) bond motifs is 5. The third-order valence-electron chi connectivity index (χ3n) is 15.6. The molecule has 0 fully saturated rings. The standard InChI is InChI=1S/C42H36N2.C35H34N2.2CH3.2Hf/c1-3-14-30-19-11-20-31(15-4-2)41(30)44-42(38-28-32-17-6-8-22-34(32)35-23-9-10-24-36(35)38)40-27-13-26-39(43-40)37-25-12-18-29-16-5-7-21-33(29)37;1-4-13-27-18-10-19-28(14-5-2)34(27)37-35(29-20-8-6-15-25(29)3)33-24-12-23-32(36-33)31-22-11-17-26-16-7-9-21-30(26)31;;;;/h5-13,16-24,26-28,42H,3-4,14-15H2,1-2H3;6-12,15-21,23-24,35H,4-5,13-14H2,1-3H3;2*1H3;;/q2*-2;2*-1;;. The Bertz CT molecular complexity index is 4070. The molecule has 0 radical (unpaired) electrons. The average Bonchev–Trinajstić information content (AvgIpc) is 3.71. The first-order valence-corrected chi connectivity index (χ1v) is 29.3. The smallest absolute Gasteiger partial charge is 0.0196 e. The summed E-state index contributed by atoms with van der Waals surface area (Å²) in [4.78, 5) is 10.6. The maximum atomic E-state index is 5.72. The Morgan fingerprint density at radius 1 is 0.365 bits per heavy atom. The van der Waals surface area contributed by atoms with E-state index in [1.165, 1.54) is 71.3 Å². The van der Waals surface area contributed by atoms with Crippen LogP contribution >= 0.6 is 0 Å². The van der Waals surface area contributed by atoms with E-state index in [0.29, 0.717) is 0 Å². The zero-order valence-electron chi connectivity index (χ0n) is 50.5. The molecule has 4 nitrogen and oxygen atoms in total. The van der Waals surface area contributed by atoms with E-state index in [1.54, 1.807) is 0 Å². The summed E-state index contributed by atoms with van der Waals surface area (Å²) >= 11 is 0. The Morgan fingerprint density at radius 2 is 0.741 bits per heavy atom. The van der Waals surface area contributed by atoms with Gasteiger partial charge in [-0.05, 0) is 101 Å². The van der Waals surface area contributed by atoms with Crippen LogP contribution < -0.4 is 0 Å². The van der Waals surface area contributed by atoms with Crippen LogP contribution in [0.25, 0.3) is 76.2 Å². The summed E-state index contributed by atoms with van der Waals surface area (Å²) in [7, 11) is 0. The van der Waals surface area contributed by atoms with Crippen LogP contribution in [0.3, 0.4) is 0 Å². The van der Waals surface area contributed by atoms with Crippen LogP contribution in [-0.4, -0.2) is 9.97 Å². The van der Waals surface area contributed by atoms with E-state index in [-0.39, 0.29) is 78.6 Å². The summed E-state index contributed by atoms with van der Waals surface area (Å²) in [6.45, 7) is 11.1. The van der Waals surface area contributed by atoms with E-state index in [0.717, 1.165) is 107 Å². The van der Waals surface area contributed by atoms with Gasteiger partial charge in [-0.15, -0.1) is 69.7 Å². The molecule has 0 aliphatic carbocycles. The molecule has 426 valence electrons. The molecule has 0 aliphatic heterocycles. The number of pyridine rings is 2. The zero-order chi connectivity index (χ0) is 55.5. The van der Waals surface area contributed by atoms with E-state index in [9.17, 15) is 0 Å². The van der Waals surface area contributed by atoms with Crippen LogP contribution in [0, 0.1) is 33.9 Å². The average molecular weight is 1440 g/mol. The van der Waals surface area contributed by atoms with E-state index in [1.807, 2.05) is 12.1 Å². The monoisotopic (exact) mass is 1440 g/mol. The Balaban J connectivity index is 0.000000236. The Kier molecular flexibility index (Phi) is 24.1. The van der Waals surface area contributed by atoms with E-state index in [4.69, 9.17) is 20.6 Å². The van der Waals surface area contributed by atoms with Gasteiger partial charge in [0.15, 0.2) is 0 Å². The van der Waals surface area contributed by atoms with E-state index >= 15 is 0 Å². The van der Waals surface area contributed by atoms with Crippen molar-refractivity contribution in [3.8, 4) is 22.5 Å². The van der Waals surface area contributed by atoms with Gasteiger partial charge in [-0.1, -0.05) is 280 Å². The quantitative estimate of drug-likeness (QED) is 0.0488. The van der Waals surface area contributed by atoms with Crippen molar-refractivity contribution in [2.75, 3.05) is 0 Å². The number of aromatic nitrogens is 2. The van der Waals surface area contributed by atoms with Gasteiger partial charge in [0.25, 0.3) is 0 Å². The maximum Gasteiger partial charge on any atom is 0.0196 e. The fourth-order valence-corrected chi connectivity index (χ4v) is 11.8. The second kappa shape index (κ2) is 31.3. The predicted molar refractivity (Wildman–Crippen MR) is 356 cm³/mol. The Hall–Kier alpha value is -7.12. The van der Waals surface area contributed by atoms with E-state index in [2.05, 4.69) is 259 Å². The molecule has 0 saturated carbocycles. The summed E-state index contributed by atoms with van der Waals surface area (Å²) in [5.41, 5.74) is 16.9. The van der Waals surface area contributed by atoms with Gasteiger partial charge in [-0.2, -0.15) is 0 Å². The molecule has 2 heterocycles. The first kappa shape index (κ1) is 65.4. The van der Waals surface area contributed by atoms with Crippen molar-refractivity contribution in [3.63, 3.8) is 0 Å². The van der Waals surface area contributed by atoms with Gasteiger partial charge in [0.05, 0.1) is 0 Å². The molecule has 0 spiro atoms. The minimum Gasteiger partial charge on any atom is -0.673 e. The zero-order valence-corrected chi connectivity index (χ0v) is 57.6. The van der Waals surface area contributed by atoms with Crippen LogP contribution in [0.2, 0.25) is 0 Å². The van der Waals surface area contributed by atoms with Crippen LogP contribution in [-0.2, 0) is 77.4 Å². The fraction of sp³-hybridized carbons (Fsp3) is 0.190. The summed E-state index contributed by atoms with van der Waals surface area (Å²) in [5.74, 6) is 0. The first-order chi connectivity index (χ1) is 39.9. The summed E-state index contributed by atoms with van der Waals surface area (Å²) in [5, 5.41) is 20.9. The van der Waals surface area contributed by atoms with Gasteiger partial charge in [0.2, 0.25) is 0 Å². The van der Waals surface area contributed by atoms with Gasteiger partial charge in [-0.25, -0.2) is 0 Å². The van der Waals surface area contributed by atoms with Gasteiger partial charge < -0.3 is 35.5 Å². The number of hydrogen-bond acceptors (Lipinski definition) is 2. The second-order valence-corrected chi connectivity index (χ2v) is 21.3. The normalized spacial score (nSPS) is 11.5. The van der Waals surface area contributed by atoms with Crippen LogP contribution in [0.15, 0.2) is 224 Å². The third kappa shape index (κ3) is 14.6. The number of aryl methyl sites for hydroxylation is 5. The topological polar surface area (TPSA) is 54.0 Å². The molecule has 2 unspecified atom stereocenters. The minimum absolute atomic E-state index is 0. The molecular weight excluding hydrogens is 1360 g/mol. The third-order valence-corrected chi connectivity index (χ3v) is 15.6. The van der Waals surface area contributed by atoms with Crippen molar-refractivity contribution >= 4 is 54.5 Å². The summed E-state index contributed by atoms with van der Waals surface area (Å²) < 4.78 is 0. The Morgan fingerprint density at radius 3 is 1.20 bits per heavy atom. The Labute approximate surface area is 544 Å². The molecule has 6 heteroatoms. The van der Waals surface area contributed by atoms with Crippen molar-refractivity contribution in [2.24, 2.45) is 0 Å². The van der Waals surface area contributed by atoms with Crippen molar-refractivity contribution in [2.45, 2.75) is 98.1 Å². The van der Waals surface area contributed by atoms with Crippen molar-refractivity contribution < 1.29 is 51.7 Å². The molecular formula is C79H76Hf2N4-6. The van der Waals surface area contributed by atoms with Gasteiger partial charge in [0, 0.05) is 63.1 Å². The molecule has 0 bridgehead atoms. The van der Waals surface area contributed by atoms with Crippen LogP contribution in [0.4, 0.5) is 11.4 Å². The largest absolute Gasteiger partial charge is 0.673 e. The molecule has 2 aromatic heterocycles. The van der Waals surface area contributed by atoms with Crippen molar-refractivity contribution in [1.82, 2.24) is 9.97 Å². The molecule has 12 aromatic rings. The molecule has 2 atom stereocenters. The van der Waals surface area contributed by atoms with Crippen molar-refractivity contribution in [1.29, 1.82) is 0 Å². The minimum atomic E-state index is -0.284. The van der Waals surface area contributed by atoms with Crippen molar-refractivity contribution in [3.05, 3.63) is 312 Å². The maximum absolute atomic E-state index is 5.72. The summed E-state index contributed by atoms with van der Waals surface area (Å²) in [6.07, 6.45) is 8.39. The predicted octanol–water partition coefficient (Wildman–Crippen LogP) is 22.3. The number of nitrogens with zero attached hydrogens (tertiary/aromatic N) is 4. The first-order valence-electron chi connectivity index (χ1n) is 29.3.